The molecule has 1 aromatic rings. The molecule has 98 valence electrons. The highest BCUT2D eigenvalue weighted by molar-refractivity contribution is 7.99. The average Bonchev–Trinajstić information content (AvgIpc) is 3.18. The van der Waals surface area contributed by atoms with Crippen LogP contribution in [0.1, 0.15) is 24.8 Å². The van der Waals surface area contributed by atoms with E-state index in [0.29, 0.717) is 6.61 Å². The number of hydrogen-bond donors (Lipinski definition) is 1. The monoisotopic (exact) mass is 263 g/mol. The van der Waals surface area contributed by atoms with Crippen LogP contribution in [0.25, 0.3) is 0 Å². The Morgan fingerprint density at radius 3 is 2.94 bits per heavy atom. The van der Waals surface area contributed by atoms with E-state index < -0.39 is 0 Å². The molecule has 0 saturated heterocycles. The second-order valence-electron chi connectivity index (χ2n) is 5.76. The minimum absolute atomic E-state index is 0.194. The van der Waals surface area contributed by atoms with Gasteiger partial charge in [-0.2, -0.15) is 0 Å². The van der Waals surface area contributed by atoms with Gasteiger partial charge in [0.2, 0.25) is 0 Å². The van der Waals surface area contributed by atoms with E-state index in [0.717, 1.165) is 6.54 Å². The number of thioether (sulfide) groups is 1. The molecule has 18 heavy (non-hydrogen) atoms. The fraction of sp³-hybridized carbons (Fsp3) is 0.600. The van der Waals surface area contributed by atoms with E-state index in [-0.39, 0.29) is 5.41 Å². The van der Waals surface area contributed by atoms with Crippen LogP contribution in [0.5, 0.6) is 0 Å². The maximum absolute atomic E-state index is 9.41. The van der Waals surface area contributed by atoms with Crippen LogP contribution in [-0.4, -0.2) is 31.1 Å². The number of anilines is 1. The number of benzene rings is 1. The number of aryl methyl sites for hydroxylation is 1. The van der Waals surface area contributed by atoms with E-state index in [4.69, 9.17) is 0 Å². The second kappa shape index (κ2) is 4.78. The first-order valence-corrected chi connectivity index (χ1v) is 7.79. The predicted molar refractivity (Wildman–Crippen MR) is 77.5 cm³/mol. The summed E-state index contributed by atoms with van der Waals surface area (Å²) >= 11 is 1.98. The summed E-state index contributed by atoms with van der Waals surface area (Å²) in [5.74, 6) is 1.26. The zero-order chi connectivity index (χ0) is 12.6. The van der Waals surface area contributed by atoms with Gasteiger partial charge in [0, 0.05) is 29.6 Å². The molecule has 1 heterocycles. The van der Waals surface area contributed by atoms with Gasteiger partial charge in [-0.05, 0) is 55.2 Å². The van der Waals surface area contributed by atoms with Crippen molar-refractivity contribution in [3.05, 3.63) is 23.8 Å². The Balaban J connectivity index is 1.75. The summed E-state index contributed by atoms with van der Waals surface area (Å²) in [7, 11) is 2.15. The Morgan fingerprint density at radius 1 is 1.39 bits per heavy atom. The molecule has 1 aliphatic heterocycles. The zero-order valence-electron chi connectivity index (χ0n) is 11.0. The molecule has 1 aliphatic carbocycles. The summed E-state index contributed by atoms with van der Waals surface area (Å²) < 4.78 is 0. The van der Waals surface area contributed by atoms with Crippen molar-refractivity contribution in [1.82, 2.24) is 0 Å². The van der Waals surface area contributed by atoms with Gasteiger partial charge < -0.3 is 10.0 Å². The Kier molecular flexibility index (Phi) is 3.29. The van der Waals surface area contributed by atoms with Gasteiger partial charge in [-0.25, -0.2) is 0 Å². The van der Waals surface area contributed by atoms with Crippen molar-refractivity contribution in [2.45, 2.75) is 30.6 Å². The average molecular weight is 263 g/mol. The predicted octanol–water partition coefficient (Wildman–Crippen LogP) is 2.93. The molecular formula is C15H21NOS. The fourth-order valence-electron chi connectivity index (χ4n) is 2.72. The van der Waals surface area contributed by atoms with Gasteiger partial charge in [0.15, 0.2) is 0 Å². The highest BCUT2D eigenvalue weighted by Crippen LogP contribution is 2.46. The first kappa shape index (κ1) is 12.4. The van der Waals surface area contributed by atoms with Crippen molar-refractivity contribution in [3.8, 4) is 0 Å². The third-order valence-corrected chi connectivity index (χ3v) is 5.40. The lowest BCUT2D eigenvalue weighted by Gasteiger charge is -2.26. The van der Waals surface area contributed by atoms with E-state index in [1.807, 2.05) is 11.8 Å². The summed E-state index contributed by atoms with van der Waals surface area (Å²) in [4.78, 5) is 3.77. The summed E-state index contributed by atoms with van der Waals surface area (Å²) in [6.45, 7) is 1.31. The van der Waals surface area contributed by atoms with Gasteiger partial charge in [-0.15, -0.1) is 11.8 Å². The number of nitrogens with zero attached hydrogens (tertiary/aromatic N) is 1. The normalized spacial score (nSPS) is 20.3. The molecule has 0 spiro atoms. The second-order valence-corrected chi connectivity index (χ2v) is 6.89. The third kappa shape index (κ3) is 2.39. The van der Waals surface area contributed by atoms with Crippen molar-refractivity contribution < 1.29 is 5.11 Å². The van der Waals surface area contributed by atoms with E-state index >= 15 is 0 Å². The van der Waals surface area contributed by atoms with Crippen molar-refractivity contribution in [2.75, 3.05) is 30.9 Å². The molecule has 0 amide bonds. The van der Waals surface area contributed by atoms with E-state index in [1.54, 1.807) is 0 Å². The molecule has 0 aromatic heterocycles. The number of rotatable bonds is 4. The molecule has 0 unspecified atom stereocenters. The maximum atomic E-state index is 9.41. The molecule has 1 saturated carbocycles. The summed E-state index contributed by atoms with van der Waals surface area (Å²) in [5, 5.41) is 9.41. The van der Waals surface area contributed by atoms with E-state index in [1.165, 1.54) is 47.6 Å². The Labute approximate surface area is 113 Å². The molecule has 3 rings (SSSR count). The highest BCUT2D eigenvalue weighted by Gasteiger charge is 2.42. The molecule has 2 aliphatic rings. The molecule has 0 atom stereocenters. The summed E-state index contributed by atoms with van der Waals surface area (Å²) in [5.41, 5.74) is 3.00. The minimum atomic E-state index is 0.194. The molecule has 1 fully saturated rings. The van der Waals surface area contributed by atoms with Gasteiger partial charge >= 0.3 is 0 Å². The Bertz CT molecular complexity index is 442. The van der Waals surface area contributed by atoms with Crippen molar-refractivity contribution in [3.63, 3.8) is 0 Å². The zero-order valence-corrected chi connectivity index (χ0v) is 11.8. The lowest BCUT2D eigenvalue weighted by atomic mass is 10.1. The van der Waals surface area contributed by atoms with Crippen LogP contribution in [0, 0.1) is 5.41 Å². The number of hydrogen-bond acceptors (Lipinski definition) is 3. The topological polar surface area (TPSA) is 23.5 Å². The minimum Gasteiger partial charge on any atom is -0.396 e. The molecule has 0 radical (unpaired) electrons. The first-order chi connectivity index (χ1) is 8.72. The Hall–Kier alpha value is -0.670. The number of aliphatic hydroxyl groups excluding tert-OH is 1. The quantitative estimate of drug-likeness (QED) is 0.903. The standard InChI is InChI=1S/C15H21NOS/c1-16(10-15(11-17)6-7-15)13-4-5-14-12(9-13)3-2-8-18-14/h4-5,9,17H,2-3,6-8,10-11H2,1H3. The van der Waals surface area contributed by atoms with Crippen LogP contribution in [-0.2, 0) is 6.42 Å². The van der Waals surface area contributed by atoms with Crippen LogP contribution < -0.4 is 4.90 Å². The van der Waals surface area contributed by atoms with Crippen molar-refractivity contribution in [2.24, 2.45) is 5.41 Å². The Morgan fingerprint density at radius 2 is 2.22 bits per heavy atom. The SMILES string of the molecule is CN(CC1(CO)CC1)c1ccc2c(c1)CCCS2. The molecule has 0 bridgehead atoms. The largest absolute Gasteiger partial charge is 0.396 e. The fourth-order valence-corrected chi connectivity index (χ4v) is 3.74. The smallest absolute Gasteiger partial charge is 0.0504 e. The maximum Gasteiger partial charge on any atom is 0.0504 e. The molecular weight excluding hydrogens is 242 g/mol. The van der Waals surface area contributed by atoms with Gasteiger partial charge in [-0.1, -0.05) is 0 Å². The lowest BCUT2D eigenvalue weighted by Crippen LogP contribution is -2.28. The van der Waals surface area contributed by atoms with Gasteiger partial charge in [-0.3, -0.25) is 0 Å². The number of fused-ring (bicyclic) bond motifs is 1. The van der Waals surface area contributed by atoms with E-state index in [9.17, 15) is 5.11 Å². The van der Waals surface area contributed by atoms with E-state index in [2.05, 4.69) is 30.1 Å². The van der Waals surface area contributed by atoms with Crippen molar-refractivity contribution >= 4 is 17.4 Å². The van der Waals surface area contributed by atoms with Crippen LogP contribution in [0.4, 0.5) is 5.69 Å². The first-order valence-electron chi connectivity index (χ1n) is 6.80. The highest BCUT2D eigenvalue weighted by atomic mass is 32.2. The van der Waals surface area contributed by atoms with Gasteiger partial charge in [0.1, 0.15) is 0 Å². The molecule has 1 N–H and O–H groups in total. The lowest BCUT2D eigenvalue weighted by molar-refractivity contribution is 0.215. The molecule has 3 heteroatoms. The summed E-state index contributed by atoms with van der Waals surface area (Å²) in [6, 6.07) is 6.84. The molecule has 2 nitrogen and oxygen atoms in total. The van der Waals surface area contributed by atoms with Crippen LogP contribution in [0.2, 0.25) is 0 Å². The third-order valence-electron chi connectivity index (χ3n) is 4.20. The van der Waals surface area contributed by atoms with Crippen LogP contribution >= 0.6 is 11.8 Å². The number of aliphatic hydroxyl groups is 1. The van der Waals surface area contributed by atoms with Gasteiger partial charge in [0.25, 0.3) is 0 Å². The van der Waals surface area contributed by atoms with Crippen molar-refractivity contribution in [1.29, 1.82) is 0 Å². The summed E-state index contributed by atoms with van der Waals surface area (Å²) in [6.07, 6.45) is 4.86. The van der Waals surface area contributed by atoms with Gasteiger partial charge in [0.05, 0.1) is 6.61 Å². The van der Waals surface area contributed by atoms with Crippen LogP contribution in [0.15, 0.2) is 23.1 Å². The van der Waals surface area contributed by atoms with Crippen LogP contribution in [0.3, 0.4) is 0 Å². The molecule has 1 aromatic carbocycles.